The van der Waals surface area contributed by atoms with E-state index in [4.69, 9.17) is 13.9 Å². The number of furan rings is 1. The number of hydrogen-bond donors (Lipinski definition) is 1. The standard InChI is InChI=1S/C22H24N2O5/c1-2-27-17-7-8-19-15(12-17)11-16(21(25)23-19)13-24(14-18-5-3-9-28-18)22(26)20-6-4-10-29-20/h4,6-8,10-12,18H,2-3,5,9,13-14H2,1H3,(H,23,25)/t18-/m0/s1. The molecule has 3 heterocycles. The number of aromatic amines is 1. The summed E-state index contributed by atoms with van der Waals surface area (Å²) < 4.78 is 16.5. The minimum Gasteiger partial charge on any atom is -0.494 e. The van der Waals surface area contributed by atoms with Crippen LogP contribution in [0.25, 0.3) is 10.9 Å². The summed E-state index contributed by atoms with van der Waals surface area (Å²) in [6.45, 7) is 3.77. The van der Waals surface area contributed by atoms with Crippen molar-refractivity contribution in [2.24, 2.45) is 0 Å². The molecule has 1 aromatic carbocycles. The monoisotopic (exact) mass is 396 g/mol. The number of pyridine rings is 1. The summed E-state index contributed by atoms with van der Waals surface area (Å²) in [5, 5.41) is 0.855. The number of carbonyl (C=O) groups is 1. The van der Waals surface area contributed by atoms with Crippen LogP contribution in [0.4, 0.5) is 0 Å². The molecule has 4 rings (SSSR count). The van der Waals surface area contributed by atoms with Crippen molar-refractivity contribution >= 4 is 16.8 Å². The van der Waals surface area contributed by atoms with Gasteiger partial charge in [-0.2, -0.15) is 0 Å². The third-order valence-corrected chi connectivity index (χ3v) is 5.03. The molecule has 1 fully saturated rings. The van der Waals surface area contributed by atoms with Gasteiger partial charge in [-0.1, -0.05) is 0 Å². The van der Waals surface area contributed by atoms with Crippen LogP contribution in [0.3, 0.4) is 0 Å². The van der Waals surface area contributed by atoms with E-state index in [-0.39, 0.29) is 29.9 Å². The second-order valence-electron chi connectivity index (χ2n) is 7.10. The third kappa shape index (κ3) is 4.35. The number of aromatic nitrogens is 1. The molecule has 0 bridgehead atoms. The molecule has 7 heteroatoms. The number of carbonyl (C=O) groups excluding carboxylic acids is 1. The minimum atomic E-state index is -0.256. The Morgan fingerprint density at radius 3 is 2.93 bits per heavy atom. The maximum atomic E-state index is 13.0. The molecule has 2 aromatic heterocycles. The van der Waals surface area contributed by atoms with Gasteiger partial charge in [0.1, 0.15) is 5.75 Å². The lowest BCUT2D eigenvalue weighted by atomic mass is 10.1. The topological polar surface area (TPSA) is 84.8 Å². The van der Waals surface area contributed by atoms with Crippen LogP contribution in [0.2, 0.25) is 0 Å². The number of ether oxygens (including phenoxy) is 2. The number of hydrogen-bond acceptors (Lipinski definition) is 5. The number of H-pyrrole nitrogens is 1. The van der Waals surface area contributed by atoms with E-state index in [2.05, 4.69) is 4.98 Å². The molecule has 0 aliphatic carbocycles. The molecule has 0 unspecified atom stereocenters. The van der Waals surface area contributed by atoms with Crippen molar-refractivity contribution in [3.8, 4) is 5.75 Å². The van der Waals surface area contributed by atoms with E-state index in [0.29, 0.717) is 25.3 Å². The molecule has 1 aliphatic rings. The van der Waals surface area contributed by atoms with Crippen molar-refractivity contribution in [2.45, 2.75) is 32.4 Å². The highest BCUT2D eigenvalue weighted by Gasteiger charge is 2.25. The van der Waals surface area contributed by atoms with Crippen LogP contribution in [0.15, 0.2) is 51.9 Å². The molecule has 3 aromatic rings. The van der Waals surface area contributed by atoms with Gasteiger partial charge in [0.05, 0.1) is 25.5 Å². The van der Waals surface area contributed by atoms with E-state index in [1.807, 2.05) is 31.2 Å². The number of amides is 1. The zero-order chi connectivity index (χ0) is 20.2. The second-order valence-corrected chi connectivity index (χ2v) is 7.10. The van der Waals surface area contributed by atoms with Gasteiger partial charge in [-0.05, 0) is 56.2 Å². The van der Waals surface area contributed by atoms with Gasteiger partial charge in [0.2, 0.25) is 0 Å². The lowest BCUT2D eigenvalue weighted by Gasteiger charge is -2.24. The normalized spacial score (nSPS) is 16.2. The summed E-state index contributed by atoms with van der Waals surface area (Å²) in [5.74, 6) is 0.729. The largest absolute Gasteiger partial charge is 0.494 e. The van der Waals surface area contributed by atoms with Crippen LogP contribution in [0.5, 0.6) is 5.75 Å². The average Bonchev–Trinajstić information content (AvgIpc) is 3.42. The summed E-state index contributed by atoms with van der Waals surface area (Å²) in [5.41, 5.74) is 1.01. The van der Waals surface area contributed by atoms with Crippen LogP contribution in [-0.2, 0) is 11.3 Å². The highest BCUT2D eigenvalue weighted by Crippen LogP contribution is 2.21. The van der Waals surface area contributed by atoms with Crippen LogP contribution in [0.1, 0.15) is 35.9 Å². The molecule has 29 heavy (non-hydrogen) atoms. The number of rotatable bonds is 7. The number of nitrogens with zero attached hydrogens (tertiary/aromatic N) is 1. The number of benzene rings is 1. The van der Waals surface area contributed by atoms with E-state index >= 15 is 0 Å². The van der Waals surface area contributed by atoms with Gasteiger partial charge in [-0.15, -0.1) is 0 Å². The molecule has 1 saturated heterocycles. The predicted molar refractivity (Wildman–Crippen MR) is 108 cm³/mol. The highest BCUT2D eigenvalue weighted by molar-refractivity contribution is 5.91. The fourth-order valence-corrected chi connectivity index (χ4v) is 3.62. The summed E-state index contributed by atoms with van der Waals surface area (Å²) in [6.07, 6.45) is 3.31. The van der Waals surface area contributed by atoms with Crippen molar-refractivity contribution in [1.82, 2.24) is 9.88 Å². The molecule has 0 radical (unpaired) electrons. The SMILES string of the molecule is CCOc1ccc2[nH]c(=O)c(CN(C[C@@H]3CCCO3)C(=O)c3ccco3)cc2c1. The Labute approximate surface area is 168 Å². The van der Waals surface area contributed by atoms with Crippen LogP contribution in [-0.4, -0.2) is 41.7 Å². The van der Waals surface area contributed by atoms with Crippen molar-refractivity contribution in [3.63, 3.8) is 0 Å². The molecule has 1 amide bonds. The molecular formula is C22H24N2O5. The summed E-state index contributed by atoms with van der Waals surface area (Å²) in [7, 11) is 0. The van der Waals surface area contributed by atoms with Crippen LogP contribution in [0, 0.1) is 0 Å². The summed E-state index contributed by atoms with van der Waals surface area (Å²) in [4.78, 5) is 30.1. The first kappa shape index (κ1) is 19.3. The Kier molecular flexibility index (Phi) is 5.67. The van der Waals surface area contributed by atoms with Crippen molar-refractivity contribution in [2.75, 3.05) is 19.8 Å². The first-order chi connectivity index (χ1) is 14.1. The van der Waals surface area contributed by atoms with Crippen molar-refractivity contribution in [1.29, 1.82) is 0 Å². The average molecular weight is 396 g/mol. The first-order valence-corrected chi connectivity index (χ1v) is 9.87. The number of fused-ring (bicyclic) bond motifs is 1. The quantitative estimate of drug-likeness (QED) is 0.662. The molecule has 152 valence electrons. The predicted octanol–water partition coefficient (Wildman–Crippen LogP) is 3.34. The van der Waals surface area contributed by atoms with E-state index < -0.39 is 0 Å². The second kappa shape index (κ2) is 8.53. The van der Waals surface area contributed by atoms with Crippen LogP contribution >= 0.6 is 0 Å². The lowest BCUT2D eigenvalue weighted by molar-refractivity contribution is 0.0483. The Hall–Kier alpha value is -3.06. The molecule has 0 saturated carbocycles. The highest BCUT2D eigenvalue weighted by atomic mass is 16.5. The van der Waals surface area contributed by atoms with Gasteiger partial charge in [0.15, 0.2) is 5.76 Å². The van der Waals surface area contributed by atoms with Gasteiger partial charge < -0.3 is 23.8 Å². The van der Waals surface area contributed by atoms with Gasteiger partial charge >= 0.3 is 0 Å². The van der Waals surface area contributed by atoms with E-state index in [0.717, 1.165) is 29.5 Å². The van der Waals surface area contributed by atoms with Gasteiger partial charge in [-0.3, -0.25) is 9.59 Å². The Morgan fingerprint density at radius 2 is 2.21 bits per heavy atom. The Bertz CT molecular complexity index is 1040. The minimum absolute atomic E-state index is 0.0296. The molecule has 1 atom stereocenters. The van der Waals surface area contributed by atoms with E-state index in [1.165, 1.54) is 6.26 Å². The maximum absolute atomic E-state index is 13.0. The van der Waals surface area contributed by atoms with Gasteiger partial charge in [-0.25, -0.2) is 0 Å². The molecule has 1 aliphatic heterocycles. The van der Waals surface area contributed by atoms with E-state index in [1.54, 1.807) is 17.0 Å². The first-order valence-electron chi connectivity index (χ1n) is 9.87. The fourth-order valence-electron chi connectivity index (χ4n) is 3.62. The van der Waals surface area contributed by atoms with Crippen LogP contribution < -0.4 is 10.3 Å². The number of nitrogens with one attached hydrogen (secondary N) is 1. The zero-order valence-electron chi connectivity index (χ0n) is 16.3. The smallest absolute Gasteiger partial charge is 0.289 e. The van der Waals surface area contributed by atoms with Crippen molar-refractivity contribution in [3.05, 3.63) is 64.3 Å². The van der Waals surface area contributed by atoms with Gasteiger partial charge in [0.25, 0.3) is 11.5 Å². The lowest BCUT2D eigenvalue weighted by Crippen LogP contribution is -2.38. The fraction of sp³-hybridized carbons (Fsp3) is 0.364. The summed E-state index contributed by atoms with van der Waals surface area (Å²) >= 11 is 0. The maximum Gasteiger partial charge on any atom is 0.289 e. The molecular weight excluding hydrogens is 372 g/mol. The third-order valence-electron chi connectivity index (χ3n) is 5.03. The molecule has 7 nitrogen and oxygen atoms in total. The molecule has 0 spiro atoms. The Morgan fingerprint density at radius 1 is 1.31 bits per heavy atom. The Balaban J connectivity index is 1.64. The molecule has 1 N–H and O–H groups in total. The zero-order valence-corrected chi connectivity index (χ0v) is 16.3. The van der Waals surface area contributed by atoms with Gasteiger partial charge in [0, 0.05) is 29.6 Å². The van der Waals surface area contributed by atoms with Crippen molar-refractivity contribution < 1.29 is 18.7 Å². The summed E-state index contributed by atoms with van der Waals surface area (Å²) in [6, 6.07) is 10.7. The van der Waals surface area contributed by atoms with E-state index in [9.17, 15) is 9.59 Å².